The lowest BCUT2D eigenvalue weighted by molar-refractivity contribution is -0.353. The minimum absolute atomic E-state index is 0.806. The molecule has 22 heavy (non-hydrogen) atoms. The minimum atomic E-state index is -2.68. The number of ether oxygens (including phenoxy) is 1. The van der Waals surface area contributed by atoms with Crippen LogP contribution in [0.15, 0.2) is 0 Å². The largest absolute Gasteiger partial charge is 0.394 e. The normalized spacial score (nSPS) is 36.5. The summed E-state index contributed by atoms with van der Waals surface area (Å²) < 4.78 is 4.80. The molecule has 11 heteroatoms. The average Bonchev–Trinajstić information content (AvgIpc) is 2.46. The lowest BCUT2D eigenvalue weighted by Gasteiger charge is -2.44. The van der Waals surface area contributed by atoms with Gasteiger partial charge in [0.15, 0.2) is 6.10 Å². The van der Waals surface area contributed by atoms with Crippen molar-refractivity contribution in [3.8, 4) is 0 Å². The number of carbonyl (C=O) groups is 2. The summed E-state index contributed by atoms with van der Waals surface area (Å²) in [5, 5.41) is 56.5. The number of aliphatic hydroxyl groups excluding tert-OH is 5. The Hall–Kier alpha value is -1.34. The summed E-state index contributed by atoms with van der Waals surface area (Å²) in [6.07, 6.45) is -9.78. The Morgan fingerprint density at radius 2 is 1.82 bits per heavy atom. The van der Waals surface area contributed by atoms with Gasteiger partial charge in [-0.1, -0.05) is 0 Å². The molecule has 1 heterocycles. The Kier molecular flexibility index (Phi) is 6.19. The summed E-state index contributed by atoms with van der Waals surface area (Å²) in [7, 11) is 0. The van der Waals surface area contributed by atoms with E-state index in [2.05, 4.69) is 9.78 Å². The van der Waals surface area contributed by atoms with Crippen LogP contribution in [0.1, 0.15) is 13.3 Å². The highest BCUT2D eigenvalue weighted by atomic mass is 17.2. The number of hydrogen-bond acceptors (Lipinski definition) is 11. The van der Waals surface area contributed by atoms with Crippen LogP contribution in [-0.2, 0) is 24.1 Å². The van der Waals surface area contributed by atoms with Crippen LogP contribution in [0.25, 0.3) is 0 Å². The Labute approximate surface area is 124 Å². The molecule has 0 radical (unpaired) electrons. The number of aliphatic hydroxyl groups is 6. The van der Waals surface area contributed by atoms with E-state index in [0.29, 0.717) is 0 Å². The highest BCUT2D eigenvalue weighted by molar-refractivity contribution is 5.75. The molecule has 1 fully saturated rings. The molecular formula is C11H18O11. The number of carbonyl (C=O) groups excluding carboxylic acids is 2. The number of hydrogen-bond donors (Lipinski definition) is 6. The van der Waals surface area contributed by atoms with Gasteiger partial charge in [-0.25, -0.2) is 19.4 Å². The maximum absolute atomic E-state index is 11.4. The third-order valence-electron chi connectivity index (χ3n) is 3.01. The Bertz CT molecular complexity index is 409. The van der Waals surface area contributed by atoms with Crippen LogP contribution < -0.4 is 0 Å². The van der Waals surface area contributed by atoms with E-state index in [1.54, 1.807) is 0 Å². The van der Waals surface area contributed by atoms with Crippen LogP contribution in [0.2, 0.25) is 0 Å². The molecule has 128 valence electrons. The monoisotopic (exact) mass is 326 g/mol. The highest BCUT2D eigenvalue weighted by Gasteiger charge is 2.54. The first-order valence-electron chi connectivity index (χ1n) is 6.27. The van der Waals surface area contributed by atoms with E-state index in [9.17, 15) is 30.0 Å². The molecule has 0 saturated carbocycles. The summed E-state index contributed by atoms with van der Waals surface area (Å²) in [6.45, 7) is 0.251. The van der Waals surface area contributed by atoms with Gasteiger partial charge in [0.1, 0.15) is 30.8 Å². The molecule has 0 aromatic carbocycles. The zero-order chi connectivity index (χ0) is 17.1. The molecule has 0 aromatic rings. The molecule has 1 saturated heterocycles. The molecule has 1 aliphatic heterocycles. The van der Waals surface area contributed by atoms with Crippen molar-refractivity contribution in [2.24, 2.45) is 0 Å². The zero-order valence-electron chi connectivity index (χ0n) is 11.5. The molecule has 0 bridgehead atoms. The highest BCUT2D eigenvalue weighted by Crippen LogP contribution is 2.31. The van der Waals surface area contributed by atoms with Gasteiger partial charge in [0.2, 0.25) is 5.79 Å². The van der Waals surface area contributed by atoms with Gasteiger partial charge in [-0.2, -0.15) is 0 Å². The minimum Gasteiger partial charge on any atom is -0.394 e. The molecule has 0 amide bonds. The average molecular weight is 326 g/mol. The molecule has 0 spiro atoms. The SMILES string of the molecule is CC(O)C(=O)OOC(=O)CC1(O)O[C@H](CO)[C@@H](O)[C@H](O)[C@H]1O. The van der Waals surface area contributed by atoms with Crippen molar-refractivity contribution >= 4 is 11.9 Å². The zero-order valence-corrected chi connectivity index (χ0v) is 11.5. The van der Waals surface area contributed by atoms with Gasteiger partial charge in [0.25, 0.3) is 0 Å². The maximum atomic E-state index is 11.4. The van der Waals surface area contributed by atoms with Gasteiger partial charge < -0.3 is 35.4 Å². The molecule has 2 unspecified atom stereocenters. The lowest BCUT2D eigenvalue weighted by Crippen LogP contribution is -2.65. The van der Waals surface area contributed by atoms with Crippen LogP contribution in [0.5, 0.6) is 0 Å². The third kappa shape index (κ3) is 4.10. The van der Waals surface area contributed by atoms with E-state index >= 15 is 0 Å². The van der Waals surface area contributed by atoms with Crippen LogP contribution in [0.4, 0.5) is 0 Å². The van der Waals surface area contributed by atoms with Crippen LogP contribution in [0.3, 0.4) is 0 Å². The molecular weight excluding hydrogens is 308 g/mol. The second kappa shape index (κ2) is 7.28. The van der Waals surface area contributed by atoms with Gasteiger partial charge in [-0.05, 0) is 6.92 Å². The van der Waals surface area contributed by atoms with Crippen molar-refractivity contribution in [2.45, 2.75) is 49.7 Å². The van der Waals surface area contributed by atoms with Crippen molar-refractivity contribution in [3.63, 3.8) is 0 Å². The van der Waals surface area contributed by atoms with Crippen molar-refractivity contribution in [2.75, 3.05) is 6.61 Å². The molecule has 0 aliphatic carbocycles. The summed E-state index contributed by atoms with van der Waals surface area (Å²) in [5.74, 6) is -5.31. The van der Waals surface area contributed by atoms with Gasteiger partial charge in [-0.15, -0.1) is 0 Å². The standard InChI is InChI=1S/C11H18O11/c1-4(13)10(18)22-21-6(14)2-11(19)9(17)8(16)7(15)5(3-12)20-11/h4-5,7-9,12-13,15-17,19H,2-3H2,1H3/t4?,5-,7-,8+,9-,11?/m1/s1. The Morgan fingerprint density at radius 3 is 2.32 bits per heavy atom. The Morgan fingerprint density at radius 1 is 1.23 bits per heavy atom. The Balaban J connectivity index is 2.68. The first kappa shape index (κ1) is 18.7. The van der Waals surface area contributed by atoms with Crippen molar-refractivity contribution in [3.05, 3.63) is 0 Å². The summed E-state index contributed by atoms with van der Waals surface area (Å²) in [4.78, 5) is 30.3. The predicted molar refractivity (Wildman–Crippen MR) is 63.4 cm³/mol. The topological polar surface area (TPSA) is 183 Å². The smallest absolute Gasteiger partial charge is 0.383 e. The van der Waals surface area contributed by atoms with Crippen LogP contribution in [-0.4, -0.2) is 85.5 Å². The molecule has 0 aromatic heterocycles. The summed E-state index contributed by atoms with van der Waals surface area (Å²) in [5.41, 5.74) is 0. The summed E-state index contributed by atoms with van der Waals surface area (Å²) >= 11 is 0. The first-order valence-corrected chi connectivity index (χ1v) is 6.27. The predicted octanol–water partition coefficient (Wildman–Crippen LogP) is -4.08. The van der Waals surface area contributed by atoms with Crippen LogP contribution >= 0.6 is 0 Å². The van der Waals surface area contributed by atoms with E-state index in [0.717, 1.165) is 6.92 Å². The maximum Gasteiger partial charge on any atom is 0.383 e. The van der Waals surface area contributed by atoms with E-state index < -0.39 is 61.3 Å². The van der Waals surface area contributed by atoms with Crippen LogP contribution in [0, 0.1) is 0 Å². The quantitative estimate of drug-likeness (QED) is 0.218. The van der Waals surface area contributed by atoms with Gasteiger partial charge in [-0.3, -0.25) is 0 Å². The van der Waals surface area contributed by atoms with Gasteiger partial charge in [0, 0.05) is 0 Å². The fraction of sp³-hybridized carbons (Fsp3) is 0.818. The van der Waals surface area contributed by atoms with E-state index in [1.807, 2.05) is 0 Å². The van der Waals surface area contributed by atoms with E-state index in [4.69, 9.17) is 14.9 Å². The van der Waals surface area contributed by atoms with E-state index in [1.165, 1.54) is 0 Å². The van der Waals surface area contributed by atoms with Crippen molar-refractivity contribution in [1.29, 1.82) is 0 Å². The van der Waals surface area contributed by atoms with Crippen molar-refractivity contribution in [1.82, 2.24) is 0 Å². The molecule has 6 N–H and O–H groups in total. The molecule has 11 nitrogen and oxygen atoms in total. The second-order valence-electron chi connectivity index (χ2n) is 4.82. The van der Waals surface area contributed by atoms with Crippen molar-refractivity contribution < 1.29 is 54.7 Å². The fourth-order valence-electron chi connectivity index (χ4n) is 1.76. The first-order chi connectivity index (χ1) is 10.1. The molecule has 6 atom stereocenters. The van der Waals surface area contributed by atoms with Gasteiger partial charge in [0.05, 0.1) is 6.61 Å². The number of rotatable bonds is 4. The van der Waals surface area contributed by atoms with Gasteiger partial charge >= 0.3 is 11.9 Å². The summed E-state index contributed by atoms with van der Waals surface area (Å²) in [6, 6.07) is 0. The molecule has 1 aliphatic rings. The van der Waals surface area contributed by atoms with E-state index in [-0.39, 0.29) is 0 Å². The second-order valence-corrected chi connectivity index (χ2v) is 4.82. The fourth-order valence-corrected chi connectivity index (χ4v) is 1.76. The molecule has 1 rings (SSSR count). The lowest BCUT2D eigenvalue weighted by atomic mass is 9.91. The third-order valence-corrected chi connectivity index (χ3v) is 3.01.